The van der Waals surface area contributed by atoms with Crippen molar-refractivity contribution in [3.05, 3.63) is 53.6 Å². The maximum Gasteiger partial charge on any atom is 0.231 e. The largest absolute Gasteiger partial charge is 0.454 e. The fraction of sp³-hybridized carbons (Fsp3) is 0.368. The van der Waals surface area contributed by atoms with E-state index in [1.54, 1.807) is 11.8 Å². The summed E-state index contributed by atoms with van der Waals surface area (Å²) in [7, 11) is 0. The first kappa shape index (κ1) is 15.8. The average molecular weight is 342 g/mol. The molecule has 1 atom stereocenters. The van der Waals surface area contributed by atoms with Crippen LogP contribution in [-0.2, 0) is 0 Å². The van der Waals surface area contributed by atoms with Crippen molar-refractivity contribution in [3.8, 4) is 11.5 Å². The number of nitrogens with zero attached hydrogens (tertiary/aromatic N) is 1. The van der Waals surface area contributed by atoms with Gasteiger partial charge in [0.25, 0.3) is 0 Å². The van der Waals surface area contributed by atoms with Gasteiger partial charge in [0.2, 0.25) is 6.79 Å². The molecule has 2 aliphatic heterocycles. The molecule has 1 N–H and O–H groups in total. The van der Waals surface area contributed by atoms with Gasteiger partial charge in [-0.3, -0.25) is 4.90 Å². The molecule has 0 aliphatic carbocycles. The molecule has 0 radical (unpaired) electrons. The van der Waals surface area contributed by atoms with E-state index in [1.165, 1.54) is 16.0 Å². The highest BCUT2D eigenvalue weighted by atomic mass is 32.2. The molecule has 0 aromatic heterocycles. The molecule has 5 heteroatoms. The molecule has 0 spiro atoms. The van der Waals surface area contributed by atoms with E-state index in [9.17, 15) is 0 Å². The van der Waals surface area contributed by atoms with Gasteiger partial charge in [0, 0.05) is 31.1 Å². The summed E-state index contributed by atoms with van der Waals surface area (Å²) in [6.45, 7) is 4.47. The zero-order valence-corrected chi connectivity index (χ0v) is 14.6. The van der Waals surface area contributed by atoms with Gasteiger partial charge in [-0.05, 0) is 41.6 Å². The van der Waals surface area contributed by atoms with Crippen LogP contribution in [0.25, 0.3) is 0 Å². The maximum absolute atomic E-state index is 5.59. The van der Waals surface area contributed by atoms with Gasteiger partial charge >= 0.3 is 0 Å². The number of fused-ring (bicyclic) bond motifs is 1. The summed E-state index contributed by atoms with van der Waals surface area (Å²) in [5, 5.41) is 3.44. The van der Waals surface area contributed by atoms with Crippen molar-refractivity contribution in [2.75, 3.05) is 39.2 Å². The van der Waals surface area contributed by atoms with E-state index in [-0.39, 0.29) is 6.04 Å². The summed E-state index contributed by atoms with van der Waals surface area (Å²) < 4.78 is 11.1. The summed E-state index contributed by atoms with van der Waals surface area (Å²) in [6, 6.07) is 15.5. The Morgan fingerprint density at radius 2 is 1.67 bits per heavy atom. The first-order valence-corrected chi connectivity index (χ1v) is 9.56. The number of thioether (sulfide) groups is 1. The summed E-state index contributed by atoms with van der Waals surface area (Å²) in [5.41, 5.74) is 2.59. The standard InChI is InChI=1S/C19H22N2O2S/c1-24-16-5-2-14(3-6-16)19(21-10-8-20-9-11-21)15-4-7-17-18(12-15)23-13-22-17/h2-7,12,19-20H,8-11,13H2,1H3. The molecule has 4 nitrogen and oxygen atoms in total. The van der Waals surface area contributed by atoms with Gasteiger partial charge in [0.1, 0.15) is 0 Å². The third kappa shape index (κ3) is 3.11. The lowest BCUT2D eigenvalue weighted by Crippen LogP contribution is -2.45. The third-order valence-corrected chi connectivity index (χ3v) is 5.40. The Hall–Kier alpha value is -1.69. The number of nitrogens with one attached hydrogen (secondary N) is 1. The van der Waals surface area contributed by atoms with Crippen LogP contribution in [0.15, 0.2) is 47.4 Å². The van der Waals surface area contributed by atoms with E-state index < -0.39 is 0 Å². The minimum Gasteiger partial charge on any atom is -0.454 e. The molecule has 0 amide bonds. The van der Waals surface area contributed by atoms with Gasteiger partial charge in [-0.2, -0.15) is 0 Å². The maximum atomic E-state index is 5.59. The van der Waals surface area contributed by atoms with Crippen LogP contribution in [0.2, 0.25) is 0 Å². The Balaban J connectivity index is 1.71. The predicted molar refractivity (Wildman–Crippen MR) is 97.1 cm³/mol. The van der Waals surface area contributed by atoms with Crippen LogP contribution in [0.3, 0.4) is 0 Å². The average Bonchev–Trinajstić information content (AvgIpc) is 3.11. The molecule has 1 unspecified atom stereocenters. The van der Waals surface area contributed by atoms with Gasteiger partial charge in [-0.1, -0.05) is 18.2 Å². The normalized spacial score (nSPS) is 18.5. The highest BCUT2D eigenvalue weighted by Gasteiger charge is 2.26. The Morgan fingerprint density at radius 1 is 0.958 bits per heavy atom. The quantitative estimate of drug-likeness (QED) is 0.864. The summed E-state index contributed by atoms with van der Waals surface area (Å²) in [5.74, 6) is 1.70. The van der Waals surface area contributed by atoms with E-state index >= 15 is 0 Å². The molecular weight excluding hydrogens is 320 g/mol. The summed E-state index contributed by atoms with van der Waals surface area (Å²) >= 11 is 1.78. The lowest BCUT2D eigenvalue weighted by Gasteiger charge is -2.35. The van der Waals surface area contributed by atoms with E-state index in [0.717, 1.165) is 37.7 Å². The van der Waals surface area contributed by atoms with Crippen molar-refractivity contribution in [1.29, 1.82) is 0 Å². The number of benzene rings is 2. The lowest BCUT2D eigenvalue weighted by molar-refractivity contribution is 0.173. The van der Waals surface area contributed by atoms with Crippen LogP contribution in [0, 0.1) is 0 Å². The number of ether oxygens (including phenoxy) is 2. The van der Waals surface area contributed by atoms with E-state index in [4.69, 9.17) is 9.47 Å². The molecule has 1 saturated heterocycles. The molecule has 2 aliphatic rings. The van der Waals surface area contributed by atoms with Crippen LogP contribution in [0.5, 0.6) is 11.5 Å². The Kier molecular flexibility index (Phi) is 4.65. The van der Waals surface area contributed by atoms with Gasteiger partial charge in [0.05, 0.1) is 6.04 Å². The first-order chi connectivity index (χ1) is 11.8. The molecule has 0 saturated carbocycles. The molecule has 2 heterocycles. The second-order valence-corrected chi connectivity index (χ2v) is 6.95. The van der Waals surface area contributed by atoms with Crippen LogP contribution in [-0.4, -0.2) is 44.1 Å². The fourth-order valence-corrected chi connectivity index (χ4v) is 3.83. The van der Waals surface area contributed by atoms with Gasteiger partial charge in [0.15, 0.2) is 11.5 Å². The van der Waals surface area contributed by atoms with Crippen LogP contribution in [0.1, 0.15) is 17.2 Å². The van der Waals surface area contributed by atoms with E-state index in [1.807, 2.05) is 6.07 Å². The van der Waals surface area contributed by atoms with Crippen molar-refractivity contribution in [1.82, 2.24) is 10.2 Å². The van der Waals surface area contributed by atoms with Crippen molar-refractivity contribution in [2.45, 2.75) is 10.9 Å². The molecule has 24 heavy (non-hydrogen) atoms. The molecule has 1 fully saturated rings. The Labute approximate surface area is 147 Å². The molecule has 2 aromatic carbocycles. The van der Waals surface area contributed by atoms with Crippen molar-refractivity contribution in [2.24, 2.45) is 0 Å². The van der Waals surface area contributed by atoms with Gasteiger partial charge in [-0.15, -0.1) is 11.8 Å². The number of hydrogen-bond donors (Lipinski definition) is 1. The smallest absolute Gasteiger partial charge is 0.231 e. The minimum atomic E-state index is 0.248. The SMILES string of the molecule is CSc1ccc(C(c2ccc3c(c2)OCO3)N2CCNCC2)cc1. The molecule has 2 aromatic rings. The van der Waals surface area contributed by atoms with Gasteiger partial charge in [-0.25, -0.2) is 0 Å². The zero-order chi connectivity index (χ0) is 16.4. The molecular formula is C19H22N2O2S. The predicted octanol–water partition coefficient (Wildman–Crippen LogP) is 3.13. The topological polar surface area (TPSA) is 33.7 Å². The first-order valence-electron chi connectivity index (χ1n) is 8.33. The van der Waals surface area contributed by atoms with Crippen molar-refractivity contribution >= 4 is 11.8 Å². The second kappa shape index (κ2) is 7.05. The number of hydrogen-bond acceptors (Lipinski definition) is 5. The summed E-state index contributed by atoms with van der Waals surface area (Å²) in [4.78, 5) is 3.84. The van der Waals surface area contributed by atoms with Crippen molar-refractivity contribution < 1.29 is 9.47 Å². The monoisotopic (exact) mass is 342 g/mol. The van der Waals surface area contributed by atoms with Crippen molar-refractivity contribution in [3.63, 3.8) is 0 Å². The Morgan fingerprint density at radius 3 is 2.42 bits per heavy atom. The van der Waals surface area contributed by atoms with Crippen LogP contribution >= 0.6 is 11.8 Å². The van der Waals surface area contributed by atoms with E-state index in [2.05, 4.69) is 52.9 Å². The summed E-state index contributed by atoms with van der Waals surface area (Å²) in [6.07, 6.45) is 2.11. The fourth-order valence-electron chi connectivity index (χ4n) is 3.42. The van der Waals surface area contributed by atoms with E-state index in [0.29, 0.717) is 6.79 Å². The highest BCUT2D eigenvalue weighted by Crippen LogP contribution is 2.38. The Bertz CT molecular complexity index is 699. The molecule has 4 rings (SSSR count). The number of piperazine rings is 1. The lowest BCUT2D eigenvalue weighted by atomic mass is 9.96. The number of rotatable bonds is 4. The van der Waals surface area contributed by atoms with Crippen LogP contribution < -0.4 is 14.8 Å². The molecule has 126 valence electrons. The third-order valence-electron chi connectivity index (χ3n) is 4.66. The second-order valence-electron chi connectivity index (χ2n) is 6.07. The van der Waals surface area contributed by atoms with Gasteiger partial charge < -0.3 is 14.8 Å². The zero-order valence-electron chi connectivity index (χ0n) is 13.8. The highest BCUT2D eigenvalue weighted by molar-refractivity contribution is 7.98. The molecule has 0 bridgehead atoms. The minimum absolute atomic E-state index is 0.248. The van der Waals surface area contributed by atoms with Crippen LogP contribution in [0.4, 0.5) is 0 Å².